The van der Waals surface area contributed by atoms with E-state index in [1.807, 2.05) is 0 Å². The summed E-state index contributed by atoms with van der Waals surface area (Å²) in [6.45, 7) is 3.31. The number of ether oxygens (including phenoxy) is 1. The Hall–Kier alpha value is -1.87. The summed E-state index contributed by atoms with van der Waals surface area (Å²) in [5, 5.41) is 8.74. The first-order valence-corrected chi connectivity index (χ1v) is 7.19. The molecule has 1 heterocycles. The number of carbonyl (C=O) groups excluding carboxylic acids is 1. The molecule has 8 nitrogen and oxygen atoms in total. The Morgan fingerprint density at radius 1 is 1.40 bits per heavy atom. The van der Waals surface area contributed by atoms with Crippen molar-refractivity contribution in [2.45, 2.75) is 24.8 Å². The lowest BCUT2D eigenvalue weighted by atomic mass is 10.1. The molecule has 0 aliphatic heterocycles. The molecule has 9 heteroatoms. The Balaban J connectivity index is 3.03. The monoisotopic (exact) mass is 304 g/mol. The molecule has 0 saturated carbocycles. The van der Waals surface area contributed by atoms with Crippen molar-refractivity contribution < 1.29 is 27.9 Å². The highest BCUT2D eigenvalue weighted by Gasteiger charge is 2.29. The number of aromatic nitrogens is 1. The van der Waals surface area contributed by atoms with Crippen LogP contribution in [0, 0.1) is 5.92 Å². The number of nitrogens with one attached hydrogen (secondary N) is 2. The number of carbonyl (C=O) groups is 2. The molecule has 1 aromatic rings. The van der Waals surface area contributed by atoms with Crippen molar-refractivity contribution in [2.75, 3.05) is 7.11 Å². The minimum Gasteiger partial charge on any atom is -0.477 e. The fourth-order valence-corrected chi connectivity index (χ4v) is 2.80. The molecule has 0 aliphatic rings. The lowest BCUT2D eigenvalue weighted by molar-refractivity contribution is -0.143. The Kier molecular flexibility index (Phi) is 4.90. The molecule has 3 N–H and O–H groups in total. The highest BCUT2D eigenvalue weighted by molar-refractivity contribution is 7.89. The number of carboxylic acids is 1. The number of sulfonamides is 1. The van der Waals surface area contributed by atoms with Crippen molar-refractivity contribution in [3.05, 3.63) is 18.0 Å². The standard InChI is InChI=1S/C11H16N2O6S/c1-6(2)9(11(16)19-3)13-20(17,18)7-4-8(10(14)15)12-5-7/h4-6,9,12-13H,1-3H3,(H,14,15). The SMILES string of the molecule is COC(=O)C(NS(=O)(=O)c1c[nH]c(C(=O)O)c1)C(C)C. The minimum absolute atomic E-state index is 0.260. The van der Waals surface area contributed by atoms with Crippen LogP contribution in [0.25, 0.3) is 0 Å². The first-order chi connectivity index (χ1) is 9.19. The summed E-state index contributed by atoms with van der Waals surface area (Å²) in [6.07, 6.45) is 1.04. The molecule has 0 bridgehead atoms. The van der Waals surface area contributed by atoms with Gasteiger partial charge in [-0.2, -0.15) is 4.72 Å². The normalized spacial score (nSPS) is 13.2. The van der Waals surface area contributed by atoms with Gasteiger partial charge in [-0.25, -0.2) is 13.2 Å². The van der Waals surface area contributed by atoms with E-state index in [0.29, 0.717) is 0 Å². The van der Waals surface area contributed by atoms with Crippen molar-refractivity contribution in [1.29, 1.82) is 0 Å². The van der Waals surface area contributed by atoms with Gasteiger partial charge >= 0.3 is 11.9 Å². The Morgan fingerprint density at radius 3 is 2.40 bits per heavy atom. The Labute approximate surface area is 116 Å². The molecule has 20 heavy (non-hydrogen) atoms. The van der Waals surface area contributed by atoms with Crippen LogP contribution in [0.2, 0.25) is 0 Å². The van der Waals surface area contributed by atoms with Crippen LogP contribution in [0.1, 0.15) is 24.3 Å². The minimum atomic E-state index is -4.02. The Morgan fingerprint density at radius 2 is 2.00 bits per heavy atom. The predicted molar refractivity (Wildman–Crippen MR) is 68.7 cm³/mol. The van der Waals surface area contributed by atoms with E-state index in [1.165, 1.54) is 0 Å². The quantitative estimate of drug-likeness (QED) is 0.644. The second-order valence-electron chi connectivity index (χ2n) is 4.42. The first kappa shape index (κ1) is 16.2. The number of hydrogen-bond acceptors (Lipinski definition) is 5. The highest BCUT2D eigenvalue weighted by atomic mass is 32.2. The zero-order chi connectivity index (χ0) is 15.5. The van der Waals surface area contributed by atoms with Gasteiger partial charge in [0.1, 0.15) is 16.6 Å². The number of rotatable bonds is 6. The molecule has 0 fully saturated rings. The lowest BCUT2D eigenvalue weighted by Crippen LogP contribution is -2.44. The van der Waals surface area contributed by atoms with Gasteiger partial charge in [0, 0.05) is 6.20 Å². The van der Waals surface area contributed by atoms with Crippen LogP contribution in [0.15, 0.2) is 17.2 Å². The third-order valence-corrected chi connectivity index (χ3v) is 4.02. The van der Waals surface area contributed by atoms with Crippen molar-refractivity contribution in [3.63, 3.8) is 0 Å². The molecule has 112 valence electrons. The first-order valence-electron chi connectivity index (χ1n) is 5.71. The van der Waals surface area contributed by atoms with E-state index < -0.39 is 28.0 Å². The number of aromatic amines is 1. The summed E-state index contributed by atoms with van der Waals surface area (Å²) in [6, 6.07) is -0.0764. The maximum Gasteiger partial charge on any atom is 0.352 e. The van der Waals surface area contributed by atoms with Crippen molar-refractivity contribution in [1.82, 2.24) is 9.71 Å². The number of methoxy groups -OCH3 is 1. The van der Waals surface area contributed by atoms with Gasteiger partial charge in [-0.3, -0.25) is 4.79 Å². The van der Waals surface area contributed by atoms with Crippen molar-refractivity contribution in [2.24, 2.45) is 5.92 Å². The smallest absolute Gasteiger partial charge is 0.352 e. The Bertz CT molecular complexity index is 604. The van der Waals surface area contributed by atoms with E-state index in [4.69, 9.17) is 5.11 Å². The summed E-state index contributed by atoms with van der Waals surface area (Å²) < 4.78 is 30.9. The predicted octanol–water partition coefficient (Wildman–Crippen LogP) is 0.189. The van der Waals surface area contributed by atoms with Gasteiger partial charge in [0.15, 0.2) is 0 Å². The molecule has 0 saturated heterocycles. The van der Waals surface area contributed by atoms with E-state index >= 15 is 0 Å². The average Bonchev–Trinajstić information content (AvgIpc) is 2.85. The zero-order valence-corrected chi connectivity index (χ0v) is 12.0. The van der Waals surface area contributed by atoms with Crippen LogP contribution in [0.3, 0.4) is 0 Å². The number of aromatic carboxylic acids is 1. The van der Waals surface area contributed by atoms with E-state index in [0.717, 1.165) is 19.4 Å². The third kappa shape index (κ3) is 3.58. The molecular formula is C11H16N2O6S. The van der Waals surface area contributed by atoms with Crippen LogP contribution >= 0.6 is 0 Å². The second-order valence-corrected chi connectivity index (χ2v) is 6.13. The molecular weight excluding hydrogens is 288 g/mol. The average molecular weight is 304 g/mol. The zero-order valence-electron chi connectivity index (χ0n) is 11.2. The van der Waals surface area contributed by atoms with Gasteiger partial charge in [0.25, 0.3) is 0 Å². The third-order valence-electron chi connectivity index (χ3n) is 2.60. The fraction of sp³-hybridized carbons (Fsp3) is 0.455. The molecule has 0 radical (unpaired) electrons. The van der Waals surface area contributed by atoms with E-state index in [9.17, 15) is 18.0 Å². The molecule has 1 aromatic heterocycles. The summed E-state index contributed by atoms with van der Waals surface area (Å²) in [7, 11) is -2.86. The molecule has 0 amide bonds. The van der Waals surface area contributed by atoms with Gasteiger partial charge in [-0.15, -0.1) is 0 Å². The summed E-state index contributed by atoms with van der Waals surface area (Å²) in [5.74, 6) is -2.31. The number of carboxylic acid groups (broad SMARTS) is 1. The largest absolute Gasteiger partial charge is 0.477 e. The van der Waals surface area contributed by atoms with Crippen LogP contribution in [-0.2, 0) is 19.6 Å². The van der Waals surface area contributed by atoms with Crippen LogP contribution in [0.5, 0.6) is 0 Å². The number of esters is 1. The van der Waals surface area contributed by atoms with E-state index in [-0.39, 0.29) is 16.5 Å². The summed E-state index contributed by atoms with van der Waals surface area (Å²) in [4.78, 5) is 24.3. The van der Waals surface area contributed by atoms with Crippen LogP contribution in [0.4, 0.5) is 0 Å². The summed E-state index contributed by atoms with van der Waals surface area (Å²) in [5.41, 5.74) is -0.260. The van der Waals surface area contributed by atoms with Crippen LogP contribution in [-0.4, -0.2) is 43.6 Å². The van der Waals surface area contributed by atoms with Gasteiger partial charge in [0.2, 0.25) is 10.0 Å². The van der Waals surface area contributed by atoms with Crippen molar-refractivity contribution >= 4 is 22.0 Å². The summed E-state index contributed by atoms with van der Waals surface area (Å²) >= 11 is 0. The highest BCUT2D eigenvalue weighted by Crippen LogP contribution is 2.14. The fourth-order valence-electron chi connectivity index (χ4n) is 1.47. The number of H-pyrrole nitrogens is 1. The molecule has 1 atom stereocenters. The van der Waals surface area contributed by atoms with Gasteiger partial charge in [-0.05, 0) is 12.0 Å². The number of hydrogen-bond donors (Lipinski definition) is 3. The van der Waals surface area contributed by atoms with Gasteiger partial charge < -0.3 is 14.8 Å². The molecule has 1 rings (SSSR count). The second kappa shape index (κ2) is 6.06. The van der Waals surface area contributed by atoms with Crippen LogP contribution < -0.4 is 4.72 Å². The van der Waals surface area contributed by atoms with Crippen molar-refractivity contribution in [3.8, 4) is 0 Å². The van der Waals surface area contributed by atoms with Gasteiger partial charge in [0.05, 0.1) is 7.11 Å². The maximum atomic E-state index is 12.1. The molecule has 0 aliphatic carbocycles. The van der Waals surface area contributed by atoms with E-state index in [1.54, 1.807) is 13.8 Å². The van der Waals surface area contributed by atoms with E-state index in [2.05, 4.69) is 14.4 Å². The van der Waals surface area contributed by atoms with Gasteiger partial charge in [-0.1, -0.05) is 13.8 Å². The molecule has 0 aromatic carbocycles. The maximum absolute atomic E-state index is 12.1. The lowest BCUT2D eigenvalue weighted by Gasteiger charge is -2.19. The molecule has 1 unspecified atom stereocenters. The topological polar surface area (TPSA) is 126 Å². The molecule has 0 spiro atoms.